The average molecular weight is 552 g/mol. The third-order valence-corrected chi connectivity index (χ3v) is 7.71. The molecule has 0 spiro atoms. The molecule has 0 radical (unpaired) electrons. The maximum absolute atomic E-state index is 13.5. The SMILES string of the molecule is CCCCCCCC/C=C\CCCCCCCc1nc2[nH]c(C(=O)c3ccccc3)c(-c3ccccc3)c2c(=O)[nH]1. The van der Waals surface area contributed by atoms with Gasteiger partial charge >= 0.3 is 0 Å². The number of fused-ring (bicyclic) bond motifs is 1. The summed E-state index contributed by atoms with van der Waals surface area (Å²) in [7, 11) is 0. The van der Waals surface area contributed by atoms with Crippen LogP contribution in [0.1, 0.15) is 112 Å². The van der Waals surface area contributed by atoms with Crippen LogP contribution in [0, 0.1) is 0 Å². The second-order valence-corrected chi connectivity index (χ2v) is 11.0. The Morgan fingerprint density at radius 3 is 1.98 bits per heavy atom. The fourth-order valence-electron chi connectivity index (χ4n) is 5.43. The zero-order chi connectivity index (χ0) is 28.7. The number of benzene rings is 2. The van der Waals surface area contributed by atoms with Crippen LogP contribution in [0.2, 0.25) is 0 Å². The Balaban J connectivity index is 1.30. The highest BCUT2D eigenvalue weighted by atomic mass is 16.1. The van der Waals surface area contributed by atoms with Crippen molar-refractivity contribution in [1.82, 2.24) is 15.0 Å². The predicted octanol–water partition coefficient (Wildman–Crippen LogP) is 9.34. The van der Waals surface area contributed by atoms with Gasteiger partial charge in [0.2, 0.25) is 5.78 Å². The van der Waals surface area contributed by atoms with E-state index >= 15 is 0 Å². The van der Waals surface area contributed by atoms with E-state index in [2.05, 4.69) is 29.0 Å². The Morgan fingerprint density at radius 2 is 1.32 bits per heavy atom. The molecule has 0 saturated heterocycles. The lowest BCUT2D eigenvalue weighted by Crippen LogP contribution is -2.12. The van der Waals surface area contributed by atoms with Gasteiger partial charge in [-0.15, -0.1) is 0 Å². The van der Waals surface area contributed by atoms with Crippen molar-refractivity contribution in [3.8, 4) is 11.1 Å². The number of nitrogens with zero attached hydrogens (tertiary/aromatic N) is 1. The van der Waals surface area contributed by atoms with E-state index in [0.717, 1.165) is 18.4 Å². The van der Waals surface area contributed by atoms with Crippen molar-refractivity contribution in [1.29, 1.82) is 0 Å². The van der Waals surface area contributed by atoms with Crippen molar-refractivity contribution >= 4 is 16.8 Å². The van der Waals surface area contributed by atoms with Gasteiger partial charge in [-0.1, -0.05) is 131 Å². The summed E-state index contributed by atoms with van der Waals surface area (Å²) < 4.78 is 0. The molecule has 0 saturated carbocycles. The van der Waals surface area contributed by atoms with Gasteiger partial charge in [0.1, 0.15) is 11.5 Å². The minimum Gasteiger partial charge on any atom is -0.336 e. The number of ketones is 1. The summed E-state index contributed by atoms with van der Waals surface area (Å²) in [4.78, 5) is 37.7. The first-order valence-electron chi connectivity index (χ1n) is 15.6. The molecule has 2 aromatic heterocycles. The summed E-state index contributed by atoms with van der Waals surface area (Å²) >= 11 is 0. The van der Waals surface area contributed by atoms with Gasteiger partial charge in [-0.3, -0.25) is 9.59 Å². The van der Waals surface area contributed by atoms with Crippen LogP contribution < -0.4 is 5.56 Å². The fourth-order valence-corrected chi connectivity index (χ4v) is 5.43. The topological polar surface area (TPSA) is 78.6 Å². The Kier molecular flexibility index (Phi) is 12.2. The van der Waals surface area contributed by atoms with Crippen LogP contribution in [0.4, 0.5) is 0 Å². The van der Waals surface area contributed by atoms with Crippen molar-refractivity contribution in [2.24, 2.45) is 0 Å². The number of hydrogen-bond acceptors (Lipinski definition) is 3. The zero-order valence-corrected chi connectivity index (χ0v) is 24.6. The molecule has 2 heterocycles. The van der Waals surface area contributed by atoms with Crippen LogP contribution in [0.3, 0.4) is 0 Å². The van der Waals surface area contributed by atoms with E-state index in [1.165, 1.54) is 70.6 Å². The molecule has 0 aliphatic rings. The molecule has 5 nitrogen and oxygen atoms in total. The molecule has 0 aliphatic heterocycles. The molecule has 2 N–H and O–H groups in total. The molecule has 0 unspecified atom stereocenters. The molecule has 4 rings (SSSR count). The second-order valence-electron chi connectivity index (χ2n) is 11.0. The monoisotopic (exact) mass is 551 g/mol. The van der Waals surface area contributed by atoms with Gasteiger partial charge in [0.05, 0.1) is 11.1 Å². The number of H-pyrrole nitrogens is 2. The largest absolute Gasteiger partial charge is 0.336 e. The minimum absolute atomic E-state index is 0.152. The van der Waals surface area contributed by atoms with Gasteiger partial charge in [0.15, 0.2) is 0 Å². The second kappa shape index (κ2) is 16.5. The first-order valence-corrected chi connectivity index (χ1v) is 15.6. The van der Waals surface area contributed by atoms with Crippen molar-refractivity contribution < 1.29 is 4.79 Å². The summed E-state index contributed by atoms with van der Waals surface area (Å²) in [5.74, 6) is 0.514. The molecule has 0 aliphatic carbocycles. The van der Waals surface area contributed by atoms with E-state index in [4.69, 9.17) is 4.98 Å². The molecule has 0 bridgehead atoms. The van der Waals surface area contributed by atoms with Gasteiger partial charge in [0, 0.05) is 17.5 Å². The number of hydrogen-bond donors (Lipinski definition) is 2. The third kappa shape index (κ3) is 8.88. The lowest BCUT2D eigenvalue weighted by Gasteiger charge is -2.05. The third-order valence-electron chi connectivity index (χ3n) is 7.71. The van der Waals surface area contributed by atoms with Gasteiger partial charge in [-0.25, -0.2) is 4.98 Å². The smallest absolute Gasteiger partial charge is 0.261 e. The highest BCUT2D eigenvalue weighted by Gasteiger charge is 2.23. The molecule has 216 valence electrons. The number of aromatic amines is 2. The molecular weight excluding hydrogens is 506 g/mol. The quantitative estimate of drug-likeness (QED) is 0.0734. The molecular formula is C36H45N3O2. The summed E-state index contributed by atoms with van der Waals surface area (Å²) in [5, 5.41) is 0.434. The van der Waals surface area contributed by atoms with Crippen molar-refractivity contribution in [2.75, 3.05) is 0 Å². The number of carbonyl (C=O) groups excluding carboxylic acids is 1. The summed E-state index contributed by atoms with van der Waals surface area (Å²) in [6.07, 6.45) is 21.7. The Morgan fingerprint density at radius 1 is 0.732 bits per heavy atom. The maximum atomic E-state index is 13.5. The van der Waals surface area contributed by atoms with Crippen LogP contribution in [0.15, 0.2) is 77.6 Å². The average Bonchev–Trinajstić information content (AvgIpc) is 3.40. The summed E-state index contributed by atoms with van der Waals surface area (Å²) in [5.41, 5.74) is 2.65. The molecule has 4 aromatic rings. The zero-order valence-electron chi connectivity index (χ0n) is 24.6. The molecule has 0 fully saturated rings. The molecule has 5 heteroatoms. The number of aromatic nitrogens is 3. The standard InChI is InChI=1S/C36H45N3O2/c1-2-3-4-5-6-7-8-9-10-11-12-13-14-15-22-27-30-37-35-32(36(41)38-30)31(28-23-18-16-19-24-28)33(39-35)34(40)29-25-20-17-21-26-29/h9-10,16-21,23-26H,2-8,11-15,22,27H2,1H3,(H2,37,38,39,41)/b10-9-. The predicted molar refractivity (Wildman–Crippen MR) is 171 cm³/mol. The normalized spacial score (nSPS) is 11.5. The number of unbranched alkanes of at least 4 members (excludes halogenated alkanes) is 11. The number of carbonyl (C=O) groups is 1. The van der Waals surface area contributed by atoms with Gasteiger partial charge in [-0.05, 0) is 37.7 Å². The van der Waals surface area contributed by atoms with E-state index in [1.54, 1.807) is 12.1 Å². The molecule has 41 heavy (non-hydrogen) atoms. The van der Waals surface area contributed by atoms with Gasteiger partial charge in [-0.2, -0.15) is 0 Å². The van der Waals surface area contributed by atoms with E-state index in [-0.39, 0.29) is 11.3 Å². The molecule has 0 amide bonds. The Labute approximate surface area is 244 Å². The van der Waals surface area contributed by atoms with Gasteiger partial charge < -0.3 is 9.97 Å². The summed E-state index contributed by atoms with van der Waals surface area (Å²) in [6, 6.07) is 18.7. The number of allylic oxidation sites excluding steroid dienone is 2. The van der Waals surface area contributed by atoms with Crippen LogP contribution in [0.25, 0.3) is 22.2 Å². The van der Waals surface area contributed by atoms with E-state index in [0.29, 0.717) is 40.1 Å². The van der Waals surface area contributed by atoms with Crippen LogP contribution in [0.5, 0.6) is 0 Å². The van der Waals surface area contributed by atoms with E-state index in [9.17, 15) is 9.59 Å². The highest BCUT2D eigenvalue weighted by molar-refractivity contribution is 6.16. The maximum Gasteiger partial charge on any atom is 0.261 e. The number of nitrogens with one attached hydrogen (secondary N) is 2. The fraction of sp³-hybridized carbons (Fsp3) is 0.417. The van der Waals surface area contributed by atoms with Crippen molar-refractivity contribution in [3.63, 3.8) is 0 Å². The van der Waals surface area contributed by atoms with E-state index < -0.39 is 0 Å². The van der Waals surface area contributed by atoms with Crippen molar-refractivity contribution in [3.05, 3.63) is 100 Å². The Hall–Kier alpha value is -3.73. The number of rotatable bonds is 18. The lowest BCUT2D eigenvalue weighted by atomic mass is 9.98. The number of aryl methyl sites for hydroxylation is 1. The first kappa shape index (κ1) is 30.2. The first-order chi connectivity index (χ1) is 20.2. The van der Waals surface area contributed by atoms with Crippen molar-refractivity contribution in [2.45, 2.75) is 96.8 Å². The molecule has 0 atom stereocenters. The van der Waals surface area contributed by atoms with Crippen LogP contribution in [-0.4, -0.2) is 20.7 Å². The van der Waals surface area contributed by atoms with E-state index in [1.807, 2.05) is 48.5 Å². The Bertz CT molecular complexity index is 1430. The molecule has 2 aromatic carbocycles. The van der Waals surface area contributed by atoms with Gasteiger partial charge in [0.25, 0.3) is 5.56 Å². The summed E-state index contributed by atoms with van der Waals surface area (Å²) in [6.45, 7) is 2.26. The van der Waals surface area contributed by atoms with Crippen LogP contribution in [-0.2, 0) is 6.42 Å². The van der Waals surface area contributed by atoms with Crippen LogP contribution >= 0.6 is 0 Å². The highest BCUT2D eigenvalue weighted by Crippen LogP contribution is 2.31. The lowest BCUT2D eigenvalue weighted by molar-refractivity contribution is 0.103. The minimum atomic E-state index is -0.208.